The van der Waals surface area contributed by atoms with Crippen LogP contribution in [-0.2, 0) is 10.9 Å². The topological polar surface area (TPSA) is 63.0 Å². The van der Waals surface area contributed by atoms with E-state index in [0.717, 1.165) is 13.2 Å². The number of carbonyl (C=O) groups excluding carboxylic acids is 1. The van der Waals surface area contributed by atoms with Gasteiger partial charge in [0.15, 0.2) is 5.69 Å². The minimum absolute atomic E-state index is 0.352. The second-order valence-corrected chi connectivity index (χ2v) is 3.21. The van der Waals surface area contributed by atoms with E-state index in [1.807, 2.05) is 0 Å². The first-order valence-corrected chi connectivity index (χ1v) is 4.60. The molecule has 0 unspecified atom stereocenters. The van der Waals surface area contributed by atoms with Crippen molar-refractivity contribution in [1.29, 1.82) is 5.26 Å². The highest BCUT2D eigenvalue weighted by Gasteiger charge is 2.41. The van der Waals surface area contributed by atoms with Crippen molar-refractivity contribution in [2.45, 2.75) is 12.6 Å². The highest BCUT2D eigenvalue weighted by atomic mass is 19.4. The molecule has 0 aromatic carbocycles. The molecule has 9 heteroatoms. The van der Waals surface area contributed by atoms with Gasteiger partial charge in [0.2, 0.25) is 0 Å². The molecule has 0 amide bonds. The first-order valence-electron chi connectivity index (χ1n) is 4.60. The van der Waals surface area contributed by atoms with Crippen LogP contribution in [-0.4, -0.2) is 18.1 Å². The quantitative estimate of drug-likeness (QED) is 0.617. The molecule has 1 heterocycles. The molecule has 1 aromatic rings. The smallest absolute Gasteiger partial charge is 0.420 e. The van der Waals surface area contributed by atoms with Crippen LogP contribution in [0.3, 0.4) is 0 Å². The molecule has 0 bridgehead atoms. The number of ether oxygens (including phenoxy) is 1. The molecule has 4 nitrogen and oxygen atoms in total. The van der Waals surface area contributed by atoms with Crippen LogP contribution in [0.4, 0.5) is 22.0 Å². The van der Waals surface area contributed by atoms with E-state index in [-0.39, 0.29) is 0 Å². The molecular formula is C10H5F5N2O2. The highest BCUT2D eigenvalue weighted by molar-refractivity contribution is 5.90. The molecule has 0 spiro atoms. The van der Waals surface area contributed by atoms with Gasteiger partial charge in [-0.15, -0.1) is 0 Å². The fourth-order valence-electron chi connectivity index (χ4n) is 1.34. The molecule has 0 saturated carbocycles. The van der Waals surface area contributed by atoms with Crippen molar-refractivity contribution >= 4 is 5.97 Å². The number of rotatable bonds is 2. The van der Waals surface area contributed by atoms with Crippen molar-refractivity contribution in [3.05, 3.63) is 28.6 Å². The predicted molar refractivity (Wildman–Crippen MR) is 50.3 cm³/mol. The van der Waals surface area contributed by atoms with Gasteiger partial charge in [-0.3, -0.25) is 0 Å². The van der Waals surface area contributed by atoms with E-state index in [1.54, 1.807) is 0 Å². The standard InChI is InChI=1S/C10H5F5N2O2/c1-19-9(18)7-6(10(13,14)15)4(2-16)5(3-17-7)8(11)12/h3,8H,1H3. The monoisotopic (exact) mass is 280 g/mol. The van der Waals surface area contributed by atoms with Crippen LogP contribution >= 0.6 is 0 Å². The second kappa shape index (κ2) is 5.17. The molecule has 0 radical (unpaired) electrons. The van der Waals surface area contributed by atoms with Crippen molar-refractivity contribution < 1.29 is 31.5 Å². The van der Waals surface area contributed by atoms with Gasteiger partial charge in [0.1, 0.15) is 11.6 Å². The number of aromatic nitrogens is 1. The van der Waals surface area contributed by atoms with Crippen LogP contribution in [0.5, 0.6) is 0 Å². The minimum Gasteiger partial charge on any atom is -0.464 e. The summed E-state index contributed by atoms with van der Waals surface area (Å²) in [5.74, 6) is -1.47. The van der Waals surface area contributed by atoms with Gasteiger partial charge < -0.3 is 4.74 Å². The molecule has 0 aliphatic rings. The van der Waals surface area contributed by atoms with Gasteiger partial charge in [-0.05, 0) is 0 Å². The Balaban J connectivity index is 3.72. The number of alkyl halides is 5. The van der Waals surface area contributed by atoms with E-state index in [4.69, 9.17) is 5.26 Å². The number of nitriles is 1. The van der Waals surface area contributed by atoms with Gasteiger partial charge in [-0.1, -0.05) is 0 Å². The van der Waals surface area contributed by atoms with Gasteiger partial charge in [0.05, 0.1) is 18.2 Å². The SMILES string of the molecule is COC(=O)c1ncc(C(F)F)c(C#N)c1C(F)(F)F. The fraction of sp³-hybridized carbons (Fsp3) is 0.300. The first-order chi connectivity index (χ1) is 8.73. The summed E-state index contributed by atoms with van der Waals surface area (Å²) in [6, 6.07) is 1.02. The second-order valence-electron chi connectivity index (χ2n) is 3.21. The summed E-state index contributed by atoms with van der Waals surface area (Å²) in [6.45, 7) is 0. The first kappa shape index (κ1) is 14.8. The summed E-state index contributed by atoms with van der Waals surface area (Å²) in [5, 5.41) is 8.63. The zero-order chi connectivity index (χ0) is 14.8. The Bertz CT molecular complexity index is 548. The Morgan fingerprint density at radius 1 is 1.47 bits per heavy atom. The van der Waals surface area contributed by atoms with Crippen LogP contribution < -0.4 is 0 Å². The van der Waals surface area contributed by atoms with E-state index in [9.17, 15) is 26.7 Å². The maximum absolute atomic E-state index is 12.8. The highest BCUT2D eigenvalue weighted by Crippen LogP contribution is 2.37. The van der Waals surface area contributed by atoms with Crippen molar-refractivity contribution in [1.82, 2.24) is 4.98 Å². The third-order valence-corrected chi connectivity index (χ3v) is 2.12. The molecule has 102 valence electrons. The number of hydrogen-bond acceptors (Lipinski definition) is 4. The fourth-order valence-corrected chi connectivity index (χ4v) is 1.34. The number of carbonyl (C=O) groups is 1. The van der Waals surface area contributed by atoms with E-state index < -0.39 is 41.0 Å². The average Bonchev–Trinajstić information content (AvgIpc) is 2.34. The molecule has 0 aliphatic carbocycles. The summed E-state index contributed by atoms with van der Waals surface area (Å²) in [7, 11) is 0.803. The summed E-state index contributed by atoms with van der Waals surface area (Å²) < 4.78 is 67.5. The Labute approximate surface area is 103 Å². The van der Waals surface area contributed by atoms with Crippen LogP contribution in [0.15, 0.2) is 6.20 Å². The van der Waals surface area contributed by atoms with Gasteiger partial charge in [-0.25, -0.2) is 18.6 Å². The number of pyridine rings is 1. The van der Waals surface area contributed by atoms with Crippen molar-refractivity contribution in [2.24, 2.45) is 0 Å². The number of nitrogens with zero attached hydrogens (tertiary/aromatic N) is 2. The van der Waals surface area contributed by atoms with Crippen LogP contribution in [0.1, 0.15) is 33.6 Å². The summed E-state index contributed by atoms with van der Waals surface area (Å²) in [5.41, 5.74) is -5.57. The van der Waals surface area contributed by atoms with Crippen LogP contribution in [0, 0.1) is 11.3 Å². The van der Waals surface area contributed by atoms with E-state index >= 15 is 0 Å². The lowest BCUT2D eigenvalue weighted by atomic mass is 10.0. The lowest BCUT2D eigenvalue weighted by molar-refractivity contribution is -0.138. The van der Waals surface area contributed by atoms with E-state index in [1.165, 1.54) is 0 Å². The number of esters is 1. The third-order valence-electron chi connectivity index (χ3n) is 2.12. The molecule has 0 aliphatic heterocycles. The van der Waals surface area contributed by atoms with E-state index in [0.29, 0.717) is 6.20 Å². The molecule has 1 aromatic heterocycles. The molecule has 0 atom stereocenters. The number of halogens is 5. The molecule has 0 saturated heterocycles. The molecule has 19 heavy (non-hydrogen) atoms. The van der Waals surface area contributed by atoms with Crippen molar-refractivity contribution in [3.8, 4) is 6.07 Å². The molecule has 0 N–H and O–H groups in total. The third kappa shape index (κ3) is 2.78. The normalized spacial score (nSPS) is 11.3. The summed E-state index contributed by atoms with van der Waals surface area (Å²) in [4.78, 5) is 14.2. The predicted octanol–water partition coefficient (Wildman–Crippen LogP) is 2.70. The maximum atomic E-state index is 12.8. The Morgan fingerprint density at radius 2 is 2.05 bits per heavy atom. The summed E-state index contributed by atoms with van der Waals surface area (Å²) in [6.07, 6.45) is -8.16. The lowest BCUT2D eigenvalue weighted by Crippen LogP contribution is -2.19. The summed E-state index contributed by atoms with van der Waals surface area (Å²) >= 11 is 0. The van der Waals surface area contributed by atoms with Crippen LogP contribution in [0.2, 0.25) is 0 Å². The lowest BCUT2D eigenvalue weighted by Gasteiger charge is -2.14. The Kier molecular flexibility index (Phi) is 4.04. The molecular weight excluding hydrogens is 275 g/mol. The average molecular weight is 280 g/mol. The van der Waals surface area contributed by atoms with Crippen LogP contribution in [0.25, 0.3) is 0 Å². The minimum atomic E-state index is -5.19. The zero-order valence-corrected chi connectivity index (χ0v) is 9.26. The molecule has 0 fully saturated rings. The van der Waals surface area contributed by atoms with Gasteiger partial charge in [0, 0.05) is 6.20 Å². The van der Waals surface area contributed by atoms with Gasteiger partial charge in [-0.2, -0.15) is 18.4 Å². The number of hydrogen-bond donors (Lipinski definition) is 0. The molecule has 1 rings (SSSR count). The van der Waals surface area contributed by atoms with E-state index in [2.05, 4.69) is 9.72 Å². The maximum Gasteiger partial charge on any atom is 0.420 e. The Hall–Kier alpha value is -2.24. The Morgan fingerprint density at radius 3 is 2.42 bits per heavy atom. The van der Waals surface area contributed by atoms with Crippen molar-refractivity contribution in [3.63, 3.8) is 0 Å². The van der Waals surface area contributed by atoms with Gasteiger partial charge >= 0.3 is 12.1 Å². The van der Waals surface area contributed by atoms with Gasteiger partial charge in [0.25, 0.3) is 6.43 Å². The zero-order valence-electron chi connectivity index (χ0n) is 9.26. The largest absolute Gasteiger partial charge is 0.464 e. The van der Waals surface area contributed by atoms with Crippen molar-refractivity contribution in [2.75, 3.05) is 7.11 Å². The number of methoxy groups -OCH3 is 1.